The van der Waals surface area contributed by atoms with Crippen LogP contribution < -0.4 is 0 Å². The van der Waals surface area contributed by atoms with Gasteiger partial charge in [0.2, 0.25) is 0 Å². The highest BCUT2D eigenvalue weighted by molar-refractivity contribution is 7.17. The predicted octanol–water partition coefficient (Wildman–Crippen LogP) is 2.17. The van der Waals surface area contributed by atoms with Crippen LogP contribution in [-0.4, -0.2) is 19.3 Å². The lowest BCUT2D eigenvalue weighted by molar-refractivity contribution is 0.324. The smallest absolute Gasteiger partial charge is 0.327 e. The molecule has 0 aromatic rings. The van der Waals surface area contributed by atoms with Crippen molar-refractivity contribution in [2.75, 3.05) is 13.2 Å². The monoisotopic (exact) mass is 176 g/mol. The summed E-state index contributed by atoms with van der Waals surface area (Å²) in [5, 5.41) is 0. The number of ether oxygens (including phenoxy) is 1. The molecular formula is C7H13O3P. The molecule has 1 atom stereocenters. The van der Waals surface area contributed by atoms with Crippen molar-refractivity contribution in [1.29, 1.82) is 0 Å². The molecule has 0 bridgehead atoms. The van der Waals surface area contributed by atoms with Gasteiger partial charge >= 0.3 is 8.69 Å². The van der Waals surface area contributed by atoms with Crippen molar-refractivity contribution < 1.29 is 13.8 Å². The van der Waals surface area contributed by atoms with Gasteiger partial charge in [0.15, 0.2) is 0 Å². The van der Waals surface area contributed by atoms with E-state index in [-0.39, 0.29) is 8.69 Å². The molecule has 3 nitrogen and oxygen atoms in total. The minimum atomic E-state index is -0.197. The Balaban J connectivity index is 1.69. The van der Waals surface area contributed by atoms with Crippen LogP contribution in [-0.2, 0) is 13.8 Å². The van der Waals surface area contributed by atoms with Gasteiger partial charge in [0.25, 0.3) is 0 Å². The number of rotatable bonds is 7. The van der Waals surface area contributed by atoms with Gasteiger partial charge in [-0.1, -0.05) is 12.8 Å². The molecule has 1 rings (SSSR count). The van der Waals surface area contributed by atoms with Crippen LogP contribution in [0.2, 0.25) is 0 Å². The lowest BCUT2D eigenvalue weighted by Gasteiger charge is -1.95. The molecule has 0 aromatic carbocycles. The van der Waals surface area contributed by atoms with Crippen molar-refractivity contribution in [2.45, 2.75) is 31.8 Å². The third kappa shape index (κ3) is 5.31. The van der Waals surface area contributed by atoms with Crippen LogP contribution in [0, 0.1) is 0 Å². The third-order valence-corrected chi connectivity index (χ3v) is 2.00. The van der Waals surface area contributed by atoms with E-state index in [9.17, 15) is 4.57 Å². The van der Waals surface area contributed by atoms with Crippen LogP contribution in [0.15, 0.2) is 0 Å². The highest BCUT2D eigenvalue weighted by Gasteiger charge is 2.20. The fraction of sp³-hybridized carbons (Fsp3) is 1.00. The molecule has 1 unspecified atom stereocenters. The lowest BCUT2D eigenvalue weighted by Crippen LogP contribution is -1.88. The Labute approximate surface area is 68.4 Å². The van der Waals surface area contributed by atoms with E-state index in [0.717, 1.165) is 19.4 Å². The van der Waals surface area contributed by atoms with E-state index < -0.39 is 0 Å². The first-order chi connectivity index (χ1) is 5.43. The van der Waals surface area contributed by atoms with Crippen LogP contribution >= 0.6 is 8.69 Å². The Hall–Kier alpha value is 0.0200. The molecule has 0 saturated carbocycles. The SMILES string of the molecule is O=POCCCCCC1CO1. The summed E-state index contributed by atoms with van der Waals surface area (Å²) in [5.74, 6) is 0. The third-order valence-electron chi connectivity index (χ3n) is 1.72. The minimum Gasteiger partial charge on any atom is -0.373 e. The van der Waals surface area contributed by atoms with Crippen LogP contribution in [0.5, 0.6) is 0 Å². The van der Waals surface area contributed by atoms with E-state index in [1.54, 1.807) is 0 Å². The number of hydrogen-bond donors (Lipinski definition) is 0. The Morgan fingerprint density at radius 2 is 2.27 bits per heavy atom. The van der Waals surface area contributed by atoms with E-state index in [1.807, 2.05) is 0 Å². The summed E-state index contributed by atoms with van der Waals surface area (Å²) >= 11 is 0. The maximum Gasteiger partial charge on any atom is 0.327 e. The molecule has 0 N–H and O–H groups in total. The van der Waals surface area contributed by atoms with Gasteiger partial charge in [0.05, 0.1) is 19.3 Å². The first-order valence-electron chi connectivity index (χ1n) is 3.99. The van der Waals surface area contributed by atoms with Crippen LogP contribution in [0.4, 0.5) is 0 Å². The van der Waals surface area contributed by atoms with Gasteiger partial charge in [-0.25, -0.2) is 4.57 Å². The summed E-state index contributed by atoms with van der Waals surface area (Å²) in [7, 11) is -0.197. The second kappa shape index (κ2) is 5.64. The molecule has 0 spiro atoms. The summed E-state index contributed by atoms with van der Waals surface area (Å²) in [6.45, 7) is 1.56. The van der Waals surface area contributed by atoms with Crippen molar-refractivity contribution in [1.82, 2.24) is 0 Å². The van der Waals surface area contributed by atoms with E-state index in [4.69, 9.17) is 4.74 Å². The van der Waals surface area contributed by atoms with E-state index in [1.165, 1.54) is 12.8 Å². The normalized spacial score (nSPS) is 22.4. The van der Waals surface area contributed by atoms with Crippen LogP contribution in [0.25, 0.3) is 0 Å². The highest BCUT2D eigenvalue weighted by Crippen LogP contribution is 2.17. The largest absolute Gasteiger partial charge is 0.373 e. The first-order valence-corrected chi connectivity index (χ1v) is 4.72. The molecule has 0 aromatic heterocycles. The maximum absolute atomic E-state index is 9.81. The fourth-order valence-electron chi connectivity index (χ4n) is 0.987. The van der Waals surface area contributed by atoms with Crippen molar-refractivity contribution >= 4 is 8.69 Å². The Morgan fingerprint density at radius 1 is 1.45 bits per heavy atom. The summed E-state index contributed by atoms with van der Waals surface area (Å²) in [4.78, 5) is 0. The zero-order valence-electron chi connectivity index (χ0n) is 6.49. The quantitative estimate of drug-likeness (QED) is 0.339. The molecule has 64 valence electrons. The topological polar surface area (TPSA) is 38.8 Å². The van der Waals surface area contributed by atoms with Crippen molar-refractivity contribution in [3.63, 3.8) is 0 Å². The zero-order chi connectivity index (χ0) is 7.94. The molecule has 1 fully saturated rings. The number of epoxide rings is 1. The van der Waals surface area contributed by atoms with Gasteiger partial charge < -0.3 is 4.74 Å². The zero-order valence-corrected chi connectivity index (χ0v) is 7.39. The molecule has 1 saturated heterocycles. The molecule has 1 aliphatic rings. The van der Waals surface area contributed by atoms with E-state index >= 15 is 0 Å². The van der Waals surface area contributed by atoms with Crippen molar-refractivity contribution in [3.8, 4) is 0 Å². The van der Waals surface area contributed by atoms with Crippen molar-refractivity contribution in [2.24, 2.45) is 0 Å². The second-order valence-corrected chi connectivity index (χ2v) is 3.12. The predicted molar refractivity (Wildman–Crippen MR) is 41.8 cm³/mol. The van der Waals surface area contributed by atoms with Crippen molar-refractivity contribution in [3.05, 3.63) is 0 Å². The molecule has 0 radical (unpaired) electrons. The fourth-order valence-corrected chi connectivity index (χ4v) is 1.19. The van der Waals surface area contributed by atoms with E-state index in [2.05, 4.69) is 4.52 Å². The standard InChI is InChI=1S/C7H13O3P/c8-11-10-5-3-1-2-4-7-6-9-7/h7H,1-6H2. The Bertz CT molecular complexity index is 114. The first kappa shape index (κ1) is 9.11. The highest BCUT2D eigenvalue weighted by atomic mass is 31.1. The molecule has 1 aliphatic heterocycles. The molecule has 0 aliphatic carbocycles. The second-order valence-electron chi connectivity index (χ2n) is 2.71. The van der Waals surface area contributed by atoms with Gasteiger partial charge in [-0.05, 0) is 12.8 Å². The summed E-state index contributed by atoms with van der Waals surface area (Å²) in [5.41, 5.74) is 0. The average Bonchev–Trinajstić information content (AvgIpc) is 2.80. The molecule has 1 heterocycles. The van der Waals surface area contributed by atoms with E-state index in [0.29, 0.717) is 12.7 Å². The molecule has 11 heavy (non-hydrogen) atoms. The molecule has 0 amide bonds. The van der Waals surface area contributed by atoms with Crippen LogP contribution in [0.1, 0.15) is 25.7 Å². The summed E-state index contributed by atoms with van der Waals surface area (Å²) in [6.07, 6.45) is 5.07. The molecule has 4 heteroatoms. The van der Waals surface area contributed by atoms with Gasteiger partial charge in [0.1, 0.15) is 0 Å². The number of hydrogen-bond acceptors (Lipinski definition) is 3. The van der Waals surface area contributed by atoms with Crippen LogP contribution in [0.3, 0.4) is 0 Å². The Kier molecular flexibility index (Phi) is 4.67. The molecular weight excluding hydrogens is 163 g/mol. The average molecular weight is 176 g/mol. The van der Waals surface area contributed by atoms with Gasteiger partial charge in [-0.15, -0.1) is 0 Å². The maximum atomic E-state index is 9.81. The minimum absolute atomic E-state index is 0.197. The summed E-state index contributed by atoms with van der Waals surface area (Å²) in [6, 6.07) is 0. The number of unbranched alkanes of at least 4 members (excludes halogenated alkanes) is 2. The summed E-state index contributed by atoms with van der Waals surface area (Å²) < 4.78 is 19.5. The Morgan fingerprint density at radius 3 is 2.91 bits per heavy atom. The lowest BCUT2D eigenvalue weighted by atomic mass is 10.2. The van der Waals surface area contributed by atoms with Gasteiger partial charge in [-0.3, -0.25) is 4.52 Å². The van der Waals surface area contributed by atoms with Gasteiger partial charge in [0, 0.05) is 0 Å². The van der Waals surface area contributed by atoms with Gasteiger partial charge in [-0.2, -0.15) is 0 Å².